The number of ether oxygens (including phenoxy) is 2. The number of urea groups is 1. The van der Waals surface area contributed by atoms with Crippen molar-refractivity contribution < 1.29 is 24.2 Å². The first kappa shape index (κ1) is 13.9. The van der Waals surface area contributed by atoms with E-state index in [0.717, 1.165) is 0 Å². The van der Waals surface area contributed by atoms with Gasteiger partial charge in [0.25, 0.3) is 0 Å². The molecule has 0 aromatic heterocycles. The molecule has 0 bridgehead atoms. The van der Waals surface area contributed by atoms with Gasteiger partial charge in [-0.05, 0) is 18.2 Å². The van der Waals surface area contributed by atoms with Crippen LogP contribution in [0, 0.1) is 0 Å². The number of carbonyl (C=O) groups excluding carboxylic acids is 1. The number of nitrogens with zero attached hydrogens (tertiary/aromatic N) is 1. The predicted molar refractivity (Wildman–Crippen MR) is 70.5 cm³/mol. The van der Waals surface area contributed by atoms with Gasteiger partial charge >= 0.3 is 12.0 Å². The van der Waals surface area contributed by atoms with E-state index >= 15 is 0 Å². The highest BCUT2D eigenvalue weighted by Crippen LogP contribution is 2.32. The second-order valence-electron chi connectivity index (χ2n) is 4.18. The van der Waals surface area contributed by atoms with Crippen LogP contribution >= 0.6 is 0 Å². The van der Waals surface area contributed by atoms with Crippen LogP contribution in [0.5, 0.6) is 11.5 Å². The lowest BCUT2D eigenvalue weighted by atomic mass is 9.98. The lowest BCUT2D eigenvalue weighted by molar-refractivity contribution is -0.129. The normalized spacial score (nSPS) is 18.0. The van der Waals surface area contributed by atoms with E-state index in [0.29, 0.717) is 17.1 Å². The molecule has 0 fully saturated rings. The minimum absolute atomic E-state index is 0.0879. The quantitative estimate of drug-likeness (QED) is 0.867. The molecule has 1 aromatic carbocycles. The maximum atomic E-state index is 11.5. The van der Waals surface area contributed by atoms with Gasteiger partial charge in [-0.2, -0.15) is 4.99 Å². The smallest absolute Gasteiger partial charge is 0.350 e. The van der Waals surface area contributed by atoms with Crippen molar-refractivity contribution in [2.45, 2.75) is 12.5 Å². The topological polar surface area (TPSA) is 97.2 Å². The van der Waals surface area contributed by atoms with Crippen LogP contribution in [0.25, 0.3) is 0 Å². The summed E-state index contributed by atoms with van der Waals surface area (Å²) in [6.07, 6.45) is 0.0879. The van der Waals surface area contributed by atoms with Crippen molar-refractivity contribution >= 4 is 17.7 Å². The van der Waals surface area contributed by atoms with E-state index in [9.17, 15) is 9.59 Å². The number of carboxylic acids is 1. The summed E-state index contributed by atoms with van der Waals surface area (Å²) in [7, 11) is 3.03. The Morgan fingerprint density at radius 2 is 2.15 bits per heavy atom. The third-order valence-electron chi connectivity index (χ3n) is 2.99. The zero-order chi connectivity index (χ0) is 14.7. The summed E-state index contributed by atoms with van der Waals surface area (Å²) in [6.45, 7) is 0. The molecule has 7 heteroatoms. The Kier molecular flexibility index (Phi) is 3.88. The van der Waals surface area contributed by atoms with Crippen LogP contribution in [-0.4, -0.2) is 37.0 Å². The summed E-state index contributed by atoms with van der Waals surface area (Å²) >= 11 is 0. The Labute approximate surface area is 115 Å². The first-order valence-corrected chi connectivity index (χ1v) is 5.88. The van der Waals surface area contributed by atoms with Crippen LogP contribution in [0.1, 0.15) is 18.0 Å². The molecule has 1 aliphatic rings. The zero-order valence-corrected chi connectivity index (χ0v) is 11.0. The Morgan fingerprint density at radius 1 is 1.40 bits per heavy atom. The average Bonchev–Trinajstić information content (AvgIpc) is 2.45. The fourth-order valence-electron chi connectivity index (χ4n) is 2.03. The molecule has 0 saturated heterocycles. The molecule has 106 valence electrons. The van der Waals surface area contributed by atoms with Gasteiger partial charge in [0.1, 0.15) is 17.2 Å². The first-order valence-electron chi connectivity index (χ1n) is 5.88. The van der Waals surface area contributed by atoms with Gasteiger partial charge in [-0.3, -0.25) is 0 Å². The second-order valence-corrected chi connectivity index (χ2v) is 4.18. The van der Waals surface area contributed by atoms with Crippen molar-refractivity contribution in [3.05, 3.63) is 23.8 Å². The molecule has 0 aliphatic carbocycles. The Morgan fingerprint density at radius 3 is 2.75 bits per heavy atom. The summed E-state index contributed by atoms with van der Waals surface area (Å²) in [5.41, 5.74) is 0.470. The molecule has 2 N–H and O–H groups in total. The summed E-state index contributed by atoms with van der Waals surface area (Å²) < 4.78 is 10.4. The molecule has 2 amide bonds. The van der Waals surface area contributed by atoms with E-state index in [1.807, 2.05) is 0 Å². The van der Waals surface area contributed by atoms with E-state index in [2.05, 4.69) is 10.3 Å². The third-order valence-corrected chi connectivity index (χ3v) is 2.99. The number of hydrogen-bond donors (Lipinski definition) is 2. The number of carbonyl (C=O) groups is 2. The lowest BCUT2D eigenvalue weighted by Gasteiger charge is -2.23. The molecule has 2 rings (SSSR count). The standard InChI is InChI=1S/C13H14N2O5/c1-19-7-3-4-11(20-2)8(5-7)9-6-10(12(16)17)15-13(18)14-9/h3-5,9H,6H2,1-2H3,(H,14,18)(H,16,17). The predicted octanol–water partition coefficient (Wildman–Crippen LogP) is 1.38. The number of methoxy groups -OCH3 is 2. The van der Waals surface area contributed by atoms with Crippen LogP contribution in [-0.2, 0) is 4.79 Å². The van der Waals surface area contributed by atoms with Crippen LogP contribution < -0.4 is 14.8 Å². The minimum atomic E-state index is -1.20. The Hall–Kier alpha value is -2.57. The molecule has 1 aliphatic heterocycles. The fraction of sp³-hybridized carbons (Fsp3) is 0.308. The first-order chi connectivity index (χ1) is 9.55. The molecule has 7 nitrogen and oxygen atoms in total. The summed E-state index contributed by atoms with van der Waals surface area (Å²) in [5, 5.41) is 11.6. The largest absolute Gasteiger partial charge is 0.497 e. The molecule has 1 aromatic rings. The van der Waals surface area contributed by atoms with E-state index in [1.54, 1.807) is 18.2 Å². The minimum Gasteiger partial charge on any atom is -0.497 e. The number of rotatable bonds is 4. The van der Waals surface area contributed by atoms with Crippen LogP contribution in [0.4, 0.5) is 4.79 Å². The highest BCUT2D eigenvalue weighted by molar-refractivity contribution is 6.37. The van der Waals surface area contributed by atoms with Crippen LogP contribution in [0.3, 0.4) is 0 Å². The lowest BCUT2D eigenvalue weighted by Crippen LogP contribution is -2.36. The van der Waals surface area contributed by atoms with E-state index in [4.69, 9.17) is 14.6 Å². The Balaban J connectivity index is 2.38. The molecular formula is C13H14N2O5. The van der Waals surface area contributed by atoms with E-state index < -0.39 is 18.0 Å². The van der Waals surface area contributed by atoms with Crippen molar-refractivity contribution in [2.75, 3.05) is 14.2 Å². The van der Waals surface area contributed by atoms with Gasteiger partial charge in [-0.25, -0.2) is 9.59 Å². The number of benzene rings is 1. The van der Waals surface area contributed by atoms with Gasteiger partial charge in [0.05, 0.1) is 20.3 Å². The maximum Gasteiger partial charge on any atom is 0.350 e. The monoisotopic (exact) mass is 278 g/mol. The number of aliphatic carboxylic acids is 1. The van der Waals surface area contributed by atoms with Crippen molar-refractivity contribution in [2.24, 2.45) is 4.99 Å². The summed E-state index contributed by atoms with van der Waals surface area (Å²) in [4.78, 5) is 25.9. The molecule has 1 unspecified atom stereocenters. The van der Waals surface area contributed by atoms with Gasteiger partial charge in [0, 0.05) is 12.0 Å². The SMILES string of the molecule is COc1ccc(OC)c(C2CC(C(=O)O)=NC(=O)N2)c1. The maximum absolute atomic E-state index is 11.5. The van der Waals surface area contributed by atoms with Gasteiger partial charge in [0.2, 0.25) is 0 Å². The average molecular weight is 278 g/mol. The van der Waals surface area contributed by atoms with E-state index in [1.165, 1.54) is 14.2 Å². The number of nitrogens with one attached hydrogen (secondary N) is 1. The molecule has 0 radical (unpaired) electrons. The number of amides is 2. The fourth-order valence-corrected chi connectivity index (χ4v) is 2.03. The van der Waals surface area contributed by atoms with Gasteiger partial charge in [-0.15, -0.1) is 0 Å². The molecule has 20 heavy (non-hydrogen) atoms. The third kappa shape index (κ3) is 2.71. The molecular weight excluding hydrogens is 264 g/mol. The summed E-state index contributed by atoms with van der Waals surface area (Å²) in [6, 6.07) is 3.93. The molecule has 0 saturated carbocycles. The highest BCUT2D eigenvalue weighted by atomic mass is 16.5. The van der Waals surface area contributed by atoms with Crippen molar-refractivity contribution in [3.63, 3.8) is 0 Å². The Bertz CT molecular complexity index is 582. The molecule has 1 heterocycles. The number of carboxylic acid groups (broad SMARTS) is 1. The van der Waals surface area contributed by atoms with E-state index in [-0.39, 0.29) is 12.1 Å². The van der Waals surface area contributed by atoms with Crippen LogP contribution in [0.2, 0.25) is 0 Å². The zero-order valence-electron chi connectivity index (χ0n) is 11.0. The highest BCUT2D eigenvalue weighted by Gasteiger charge is 2.28. The van der Waals surface area contributed by atoms with Gasteiger partial charge in [-0.1, -0.05) is 0 Å². The molecule has 1 atom stereocenters. The van der Waals surface area contributed by atoms with Gasteiger partial charge < -0.3 is 19.9 Å². The van der Waals surface area contributed by atoms with Crippen molar-refractivity contribution in [3.8, 4) is 11.5 Å². The summed E-state index contributed by atoms with van der Waals surface area (Å²) in [5.74, 6) is -0.0658. The van der Waals surface area contributed by atoms with Gasteiger partial charge in [0.15, 0.2) is 0 Å². The second kappa shape index (κ2) is 5.60. The van der Waals surface area contributed by atoms with Crippen molar-refractivity contribution in [1.82, 2.24) is 5.32 Å². The number of aliphatic imine (C=N–C) groups is 1. The van der Waals surface area contributed by atoms with Crippen molar-refractivity contribution in [1.29, 1.82) is 0 Å². The number of hydrogen-bond acceptors (Lipinski definition) is 4. The van der Waals surface area contributed by atoms with Crippen LogP contribution in [0.15, 0.2) is 23.2 Å². The molecule has 0 spiro atoms.